The molecule has 0 spiro atoms. The molecule has 3 aliphatic carbocycles. The summed E-state index contributed by atoms with van der Waals surface area (Å²) in [5, 5.41) is 23.4. The Labute approximate surface area is 246 Å². The summed E-state index contributed by atoms with van der Waals surface area (Å²) in [5.41, 5.74) is 3.51. The van der Waals surface area contributed by atoms with Crippen LogP contribution in [-0.4, -0.2) is 94.4 Å². The Bertz CT molecular complexity index is 1350. The third kappa shape index (κ3) is 4.45. The van der Waals surface area contributed by atoms with Crippen LogP contribution in [0.3, 0.4) is 0 Å². The molecule has 228 valence electrons. The number of phenolic OH excluding ortho intramolecular Hbond substituents is 1. The molecule has 1 aromatic rings. The molecule has 10 heteroatoms. The Hall–Kier alpha value is -2.95. The number of fused-ring (bicyclic) bond motifs is 3. The number of hydrogen-bond acceptors (Lipinski definition) is 9. The number of likely N-dealkylation sites (N-methyl/N-ethyl adjacent to an activating group) is 1. The van der Waals surface area contributed by atoms with Crippen LogP contribution in [-0.2, 0) is 24.6 Å². The standard InChI is InChI=1S/C32H43N3O7/c1-16-17-9-10-19(31(2,3)11-8-14-35-12-6-7-13-35)25(36)21(17)26(37)22-18(16)15-20-24(34(4)5)27(38)23(30(33)41)29(40)32(20,42)28(22)39/h9-10,16,18,20,22-24,36,42H,6-8,11-15H2,1-5H3,(H2,33,41)/t16-,18+,20-,22?,23?,24-,32-/m0/s1. The summed E-state index contributed by atoms with van der Waals surface area (Å²) in [6.45, 7) is 9.10. The summed E-state index contributed by atoms with van der Waals surface area (Å²) >= 11 is 0. The molecule has 1 heterocycles. The van der Waals surface area contributed by atoms with Crippen molar-refractivity contribution in [3.63, 3.8) is 0 Å². The third-order valence-corrected chi connectivity index (χ3v) is 10.7. The van der Waals surface area contributed by atoms with Gasteiger partial charge in [0.15, 0.2) is 34.7 Å². The maximum Gasteiger partial charge on any atom is 0.235 e. The minimum Gasteiger partial charge on any atom is -0.507 e. The van der Waals surface area contributed by atoms with E-state index in [4.69, 9.17) is 5.73 Å². The lowest BCUT2D eigenvalue weighted by molar-refractivity contribution is -0.181. The highest BCUT2D eigenvalue weighted by Crippen LogP contribution is 2.55. The van der Waals surface area contributed by atoms with Crippen molar-refractivity contribution < 1.29 is 34.2 Å². The second-order valence-corrected chi connectivity index (χ2v) is 13.7. The van der Waals surface area contributed by atoms with Gasteiger partial charge < -0.3 is 20.8 Å². The van der Waals surface area contributed by atoms with Crippen LogP contribution >= 0.6 is 0 Å². The highest BCUT2D eigenvalue weighted by molar-refractivity contribution is 6.32. The van der Waals surface area contributed by atoms with Gasteiger partial charge in [-0.1, -0.05) is 32.9 Å². The first-order chi connectivity index (χ1) is 19.6. The van der Waals surface area contributed by atoms with E-state index >= 15 is 0 Å². The van der Waals surface area contributed by atoms with E-state index in [0.717, 1.165) is 32.5 Å². The zero-order valence-electron chi connectivity index (χ0n) is 25.2. The van der Waals surface area contributed by atoms with E-state index in [1.807, 2.05) is 32.9 Å². The third-order valence-electron chi connectivity index (χ3n) is 10.7. The van der Waals surface area contributed by atoms with Crippen molar-refractivity contribution in [3.8, 4) is 5.75 Å². The Morgan fingerprint density at radius 1 is 1.12 bits per heavy atom. The number of hydrogen-bond donors (Lipinski definition) is 3. The number of rotatable bonds is 7. The van der Waals surface area contributed by atoms with Crippen molar-refractivity contribution in [1.82, 2.24) is 9.80 Å². The van der Waals surface area contributed by atoms with Crippen molar-refractivity contribution in [2.45, 2.75) is 75.9 Å². The fourth-order valence-electron chi connectivity index (χ4n) is 8.35. The van der Waals surface area contributed by atoms with Crippen molar-refractivity contribution in [1.29, 1.82) is 0 Å². The predicted molar refractivity (Wildman–Crippen MR) is 154 cm³/mol. The minimum absolute atomic E-state index is 0.0373. The molecule has 0 radical (unpaired) electrons. The topological polar surface area (TPSA) is 158 Å². The van der Waals surface area contributed by atoms with Crippen molar-refractivity contribution in [2.24, 2.45) is 29.4 Å². The highest BCUT2D eigenvalue weighted by atomic mass is 16.3. The van der Waals surface area contributed by atoms with Crippen LogP contribution in [0.5, 0.6) is 5.75 Å². The zero-order valence-corrected chi connectivity index (χ0v) is 25.2. The molecular formula is C32H43N3O7. The normalized spacial score (nSPS) is 33.5. The molecule has 4 N–H and O–H groups in total. The molecule has 7 atom stereocenters. The zero-order chi connectivity index (χ0) is 30.9. The van der Waals surface area contributed by atoms with Crippen LogP contribution in [0.2, 0.25) is 0 Å². The van der Waals surface area contributed by atoms with Crippen molar-refractivity contribution >= 4 is 29.0 Å². The molecule has 1 amide bonds. The first kappa shape index (κ1) is 30.5. The summed E-state index contributed by atoms with van der Waals surface area (Å²) in [4.78, 5) is 71.1. The van der Waals surface area contributed by atoms with Gasteiger partial charge in [-0.15, -0.1) is 0 Å². The summed E-state index contributed by atoms with van der Waals surface area (Å²) in [7, 11) is 3.15. The van der Waals surface area contributed by atoms with Gasteiger partial charge in [-0.25, -0.2) is 0 Å². The second kappa shape index (κ2) is 10.6. The molecule has 4 aliphatic rings. The molecular weight excluding hydrogens is 538 g/mol. The van der Waals surface area contributed by atoms with E-state index in [1.165, 1.54) is 17.7 Å². The minimum atomic E-state index is -2.72. The van der Waals surface area contributed by atoms with Crippen molar-refractivity contribution in [3.05, 3.63) is 28.8 Å². The Balaban J connectivity index is 1.52. The van der Waals surface area contributed by atoms with Crippen molar-refractivity contribution in [2.75, 3.05) is 33.7 Å². The molecule has 1 saturated heterocycles. The van der Waals surface area contributed by atoms with E-state index in [0.29, 0.717) is 11.1 Å². The van der Waals surface area contributed by atoms with Crippen LogP contribution in [0.25, 0.3) is 0 Å². The number of amides is 1. The molecule has 0 bridgehead atoms. The largest absolute Gasteiger partial charge is 0.507 e. The molecule has 42 heavy (non-hydrogen) atoms. The first-order valence-corrected chi connectivity index (χ1v) is 15.1. The number of Topliss-reactive ketones (excluding diaryl/α,β-unsaturated/α-hetero) is 4. The van der Waals surface area contributed by atoms with Gasteiger partial charge in [0.1, 0.15) is 5.75 Å². The number of ketones is 4. The van der Waals surface area contributed by atoms with Crippen LogP contribution in [0.15, 0.2) is 12.1 Å². The summed E-state index contributed by atoms with van der Waals surface area (Å²) in [5.74, 6) is -10.6. The number of aliphatic hydroxyl groups is 1. The lowest BCUT2D eigenvalue weighted by Gasteiger charge is -2.53. The van der Waals surface area contributed by atoms with Gasteiger partial charge in [0.25, 0.3) is 0 Å². The predicted octanol–water partition coefficient (Wildman–Crippen LogP) is 1.58. The number of nitrogens with two attached hydrogens (primary N) is 1. The number of likely N-dealkylation sites (tertiary alicyclic amines) is 1. The number of carbonyl (C=O) groups is 5. The highest BCUT2D eigenvalue weighted by Gasteiger charge is 2.70. The number of primary amides is 1. The lowest BCUT2D eigenvalue weighted by atomic mass is 9.50. The average molecular weight is 582 g/mol. The molecule has 5 rings (SSSR count). The molecule has 3 fully saturated rings. The quantitative estimate of drug-likeness (QED) is 0.407. The fourth-order valence-corrected chi connectivity index (χ4v) is 8.35. The van der Waals surface area contributed by atoms with E-state index < -0.39 is 69.8 Å². The summed E-state index contributed by atoms with van der Waals surface area (Å²) in [6.07, 6.45) is 4.19. The van der Waals surface area contributed by atoms with Crippen LogP contribution in [0.1, 0.15) is 80.3 Å². The molecule has 10 nitrogen and oxygen atoms in total. The SMILES string of the molecule is C[C@H]1c2ccc(C(C)(C)CCCN3CCCC3)c(O)c2C(=O)C2C(=O)[C@]3(O)C(=O)C(C(N)=O)C(=O)[C@@H](N(C)C)[C@@H]3C[C@@H]21. The van der Waals surface area contributed by atoms with Gasteiger partial charge in [0.2, 0.25) is 5.91 Å². The maximum atomic E-state index is 14.1. The average Bonchev–Trinajstić information content (AvgIpc) is 3.42. The smallest absolute Gasteiger partial charge is 0.235 e. The number of carbonyl (C=O) groups excluding carboxylic acids is 5. The summed E-state index contributed by atoms with van der Waals surface area (Å²) in [6, 6.07) is 2.60. The van der Waals surface area contributed by atoms with Crippen LogP contribution in [0, 0.1) is 23.7 Å². The lowest BCUT2D eigenvalue weighted by Crippen LogP contribution is -2.74. The Kier molecular flexibility index (Phi) is 7.73. The van der Waals surface area contributed by atoms with Gasteiger partial charge in [-0.05, 0) is 88.6 Å². The second-order valence-electron chi connectivity index (χ2n) is 13.7. The van der Waals surface area contributed by atoms with Gasteiger partial charge in [0.05, 0.1) is 17.5 Å². The van der Waals surface area contributed by atoms with Gasteiger partial charge in [-0.3, -0.25) is 28.9 Å². The van der Waals surface area contributed by atoms with E-state index in [2.05, 4.69) is 4.90 Å². The van der Waals surface area contributed by atoms with Crippen LogP contribution in [0.4, 0.5) is 0 Å². The van der Waals surface area contributed by atoms with E-state index in [9.17, 15) is 34.2 Å². The number of benzene rings is 1. The van der Waals surface area contributed by atoms with E-state index in [-0.39, 0.29) is 23.7 Å². The number of aromatic hydroxyl groups is 1. The number of nitrogens with zero attached hydrogens (tertiary/aromatic N) is 2. The molecule has 2 saturated carbocycles. The maximum absolute atomic E-state index is 14.1. The summed E-state index contributed by atoms with van der Waals surface area (Å²) < 4.78 is 0. The monoisotopic (exact) mass is 581 g/mol. The van der Waals surface area contributed by atoms with Gasteiger partial charge in [-0.2, -0.15) is 0 Å². The van der Waals surface area contributed by atoms with Crippen LogP contribution < -0.4 is 5.73 Å². The Morgan fingerprint density at radius 2 is 1.76 bits per heavy atom. The van der Waals surface area contributed by atoms with E-state index in [1.54, 1.807) is 14.1 Å². The molecule has 0 aromatic heterocycles. The molecule has 1 aromatic carbocycles. The van der Waals surface area contributed by atoms with Gasteiger partial charge >= 0.3 is 0 Å². The molecule has 2 unspecified atom stereocenters. The number of phenols is 1. The van der Waals surface area contributed by atoms with Gasteiger partial charge in [0, 0.05) is 11.5 Å². The Morgan fingerprint density at radius 3 is 2.36 bits per heavy atom. The molecule has 1 aliphatic heterocycles. The first-order valence-electron chi connectivity index (χ1n) is 15.1. The fraction of sp³-hybridized carbons (Fsp3) is 0.656.